The van der Waals surface area contributed by atoms with E-state index in [0.717, 1.165) is 29.0 Å². The van der Waals surface area contributed by atoms with Crippen molar-refractivity contribution in [2.45, 2.75) is 69.6 Å². The topological polar surface area (TPSA) is 76.0 Å². The molecule has 146 valence electrons. The van der Waals surface area contributed by atoms with Crippen LogP contribution in [0.25, 0.3) is 11.0 Å². The maximum absolute atomic E-state index is 12.2. The Balaban J connectivity index is 1.71. The van der Waals surface area contributed by atoms with Crippen LogP contribution < -0.4 is 10.6 Å². The van der Waals surface area contributed by atoms with Crippen molar-refractivity contribution in [1.82, 2.24) is 20.2 Å². The predicted octanol–water partition coefficient (Wildman–Crippen LogP) is 4.26. The van der Waals surface area contributed by atoms with Crippen LogP contribution in [0.5, 0.6) is 0 Å². The molecule has 3 rings (SSSR count). The van der Waals surface area contributed by atoms with E-state index in [9.17, 15) is 9.59 Å². The molecule has 0 saturated heterocycles. The summed E-state index contributed by atoms with van der Waals surface area (Å²) in [5.74, 6) is -0.155. The third kappa shape index (κ3) is 5.25. The number of thioether (sulfide) groups is 1. The largest absolute Gasteiger partial charge is 0.333 e. The smallest absolute Gasteiger partial charge is 0.321 e. The molecule has 0 atom stereocenters. The minimum absolute atomic E-state index is 0.160. The Hall–Kier alpha value is -2.02. The number of amides is 3. The molecule has 0 bridgehead atoms. The minimum atomic E-state index is -0.464. The standard InChI is InChI=1S/C20H28N4O2S/c1-20(2,3)23-18(26)22-17(25)13-27-19-21-15-11-7-8-12-16(15)24(19)14-9-5-4-6-10-14/h7-8,11-12,14H,4-6,9-10,13H2,1-3H3,(H2,22,23,25,26). The van der Waals surface area contributed by atoms with Gasteiger partial charge in [0.2, 0.25) is 5.91 Å². The lowest BCUT2D eigenvalue weighted by Gasteiger charge is -2.25. The summed E-state index contributed by atoms with van der Waals surface area (Å²) in [6.07, 6.45) is 6.04. The van der Waals surface area contributed by atoms with Gasteiger partial charge in [-0.05, 0) is 45.7 Å². The zero-order valence-electron chi connectivity index (χ0n) is 16.2. The van der Waals surface area contributed by atoms with E-state index in [4.69, 9.17) is 4.98 Å². The third-order valence-electron chi connectivity index (χ3n) is 4.58. The van der Waals surface area contributed by atoms with Crippen LogP contribution in [0.2, 0.25) is 0 Å². The quantitative estimate of drug-likeness (QED) is 0.768. The van der Waals surface area contributed by atoms with Gasteiger partial charge in [0.25, 0.3) is 0 Å². The van der Waals surface area contributed by atoms with Gasteiger partial charge < -0.3 is 9.88 Å². The second-order valence-corrected chi connectivity index (χ2v) is 9.03. The van der Waals surface area contributed by atoms with Gasteiger partial charge >= 0.3 is 6.03 Å². The number of fused-ring (bicyclic) bond motifs is 1. The summed E-state index contributed by atoms with van der Waals surface area (Å²) in [4.78, 5) is 28.8. The normalized spacial score (nSPS) is 15.7. The van der Waals surface area contributed by atoms with Crippen molar-refractivity contribution >= 4 is 34.7 Å². The first-order chi connectivity index (χ1) is 12.8. The lowest BCUT2D eigenvalue weighted by atomic mass is 9.95. The number of hydrogen-bond donors (Lipinski definition) is 2. The highest BCUT2D eigenvalue weighted by Gasteiger charge is 2.22. The van der Waals surface area contributed by atoms with Crippen molar-refractivity contribution in [1.29, 1.82) is 0 Å². The first kappa shape index (κ1) is 19.7. The van der Waals surface area contributed by atoms with Gasteiger partial charge in [-0.2, -0.15) is 0 Å². The zero-order chi connectivity index (χ0) is 19.4. The lowest BCUT2D eigenvalue weighted by molar-refractivity contribution is -0.117. The number of para-hydroxylation sites is 2. The highest BCUT2D eigenvalue weighted by Crippen LogP contribution is 2.35. The molecule has 2 aromatic rings. The Morgan fingerprint density at radius 1 is 1.19 bits per heavy atom. The van der Waals surface area contributed by atoms with Crippen LogP contribution in [0, 0.1) is 0 Å². The van der Waals surface area contributed by atoms with Gasteiger partial charge in [-0.3, -0.25) is 10.1 Å². The first-order valence-electron chi connectivity index (χ1n) is 9.55. The van der Waals surface area contributed by atoms with Crippen molar-refractivity contribution in [2.24, 2.45) is 0 Å². The predicted molar refractivity (Wildman–Crippen MR) is 109 cm³/mol. The van der Waals surface area contributed by atoms with Crippen molar-refractivity contribution in [3.63, 3.8) is 0 Å². The van der Waals surface area contributed by atoms with Crippen molar-refractivity contribution in [3.8, 4) is 0 Å². The van der Waals surface area contributed by atoms with Gasteiger partial charge in [0, 0.05) is 11.6 Å². The zero-order valence-corrected chi connectivity index (χ0v) is 17.1. The highest BCUT2D eigenvalue weighted by molar-refractivity contribution is 7.99. The molecule has 1 heterocycles. The van der Waals surface area contributed by atoms with E-state index in [1.807, 2.05) is 39.0 Å². The molecule has 3 amide bonds. The number of nitrogens with one attached hydrogen (secondary N) is 2. The lowest BCUT2D eigenvalue weighted by Crippen LogP contribution is -2.48. The highest BCUT2D eigenvalue weighted by atomic mass is 32.2. The van der Waals surface area contributed by atoms with E-state index in [1.165, 1.54) is 31.0 Å². The number of hydrogen-bond acceptors (Lipinski definition) is 4. The number of benzene rings is 1. The molecule has 1 saturated carbocycles. The molecule has 1 fully saturated rings. The monoisotopic (exact) mass is 388 g/mol. The van der Waals surface area contributed by atoms with Crippen LogP contribution in [0.15, 0.2) is 29.4 Å². The molecule has 7 heteroatoms. The van der Waals surface area contributed by atoms with Gasteiger partial charge in [0.15, 0.2) is 5.16 Å². The Morgan fingerprint density at radius 2 is 1.89 bits per heavy atom. The average Bonchev–Trinajstić information content (AvgIpc) is 2.97. The van der Waals surface area contributed by atoms with Crippen LogP contribution in [0.1, 0.15) is 58.9 Å². The van der Waals surface area contributed by atoms with Crippen molar-refractivity contribution < 1.29 is 9.59 Å². The summed E-state index contributed by atoms with van der Waals surface area (Å²) >= 11 is 1.39. The van der Waals surface area contributed by atoms with E-state index in [1.54, 1.807) is 0 Å². The molecule has 0 radical (unpaired) electrons. The second-order valence-electron chi connectivity index (χ2n) is 8.09. The molecule has 1 aromatic heterocycles. The SMILES string of the molecule is CC(C)(C)NC(=O)NC(=O)CSc1nc2ccccc2n1C1CCCCC1. The Morgan fingerprint density at radius 3 is 2.59 bits per heavy atom. The van der Waals surface area contributed by atoms with Gasteiger partial charge in [0.1, 0.15) is 0 Å². The van der Waals surface area contributed by atoms with Gasteiger partial charge in [-0.15, -0.1) is 0 Å². The second kappa shape index (κ2) is 8.33. The van der Waals surface area contributed by atoms with Crippen LogP contribution in [-0.4, -0.2) is 32.8 Å². The Kier molecular flexibility index (Phi) is 6.09. The summed E-state index contributed by atoms with van der Waals surface area (Å²) in [5, 5.41) is 5.98. The van der Waals surface area contributed by atoms with Crippen LogP contribution in [-0.2, 0) is 4.79 Å². The molecule has 1 aliphatic carbocycles. The number of imide groups is 1. The summed E-state index contributed by atoms with van der Waals surface area (Å²) in [7, 11) is 0. The van der Waals surface area contributed by atoms with Crippen molar-refractivity contribution in [3.05, 3.63) is 24.3 Å². The molecule has 0 unspecified atom stereocenters. The Labute approximate surface area is 164 Å². The van der Waals surface area contributed by atoms with Gasteiger partial charge in [-0.1, -0.05) is 43.2 Å². The van der Waals surface area contributed by atoms with E-state index in [2.05, 4.69) is 21.3 Å². The molecule has 2 N–H and O–H groups in total. The van der Waals surface area contributed by atoms with E-state index >= 15 is 0 Å². The van der Waals surface area contributed by atoms with Crippen LogP contribution >= 0.6 is 11.8 Å². The fourth-order valence-electron chi connectivity index (χ4n) is 3.48. The number of nitrogens with zero attached hydrogens (tertiary/aromatic N) is 2. The molecule has 6 nitrogen and oxygen atoms in total. The number of carbonyl (C=O) groups is 2. The fourth-order valence-corrected chi connectivity index (χ4v) is 4.36. The van der Waals surface area contributed by atoms with Crippen LogP contribution in [0.3, 0.4) is 0 Å². The molecule has 0 aliphatic heterocycles. The van der Waals surface area contributed by atoms with Crippen molar-refractivity contribution in [2.75, 3.05) is 5.75 Å². The number of aromatic nitrogens is 2. The molecule has 1 aromatic carbocycles. The molecule has 0 spiro atoms. The van der Waals surface area contributed by atoms with Gasteiger partial charge in [-0.25, -0.2) is 9.78 Å². The third-order valence-corrected chi connectivity index (χ3v) is 5.53. The molecule has 1 aliphatic rings. The van der Waals surface area contributed by atoms with E-state index in [0.29, 0.717) is 6.04 Å². The molecular formula is C20H28N4O2S. The van der Waals surface area contributed by atoms with E-state index in [-0.39, 0.29) is 17.2 Å². The maximum Gasteiger partial charge on any atom is 0.321 e. The fraction of sp³-hybridized carbons (Fsp3) is 0.550. The van der Waals surface area contributed by atoms with Crippen LogP contribution in [0.4, 0.5) is 4.79 Å². The van der Waals surface area contributed by atoms with Gasteiger partial charge in [0.05, 0.1) is 16.8 Å². The summed E-state index contributed by atoms with van der Waals surface area (Å²) < 4.78 is 2.29. The minimum Gasteiger partial charge on any atom is -0.333 e. The molecule has 27 heavy (non-hydrogen) atoms. The number of urea groups is 1. The first-order valence-corrected chi connectivity index (χ1v) is 10.5. The summed E-state index contributed by atoms with van der Waals surface area (Å²) in [5.41, 5.74) is 1.70. The Bertz CT molecular complexity index is 819. The summed E-state index contributed by atoms with van der Waals surface area (Å²) in [6, 6.07) is 8.09. The number of carbonyl (C=O) groups excluding carboxylic acids is 2. The molecular weight excluding hydrogens is 360 g/mol. The average molecular weight is 389 g/mol. The number of rotatable bonds is 4. The maximum atomic E-state index is 12.2. The summed E-state index contributed by atoms with van der Waals surface area (Å²) in [6.45, 7) is 5.62. The van der Waals surface area contributed by atoms with E-state index < -0.39 is 6.03 Å². The number of imidazole rings is 1.